The minimum absolute atomic E-state index is 0.0184. The first-order valence-electron chi connectivity index (χ1n) is 7.17. The summed E-state index contributed by atoms with van der Waals surface area (Å²) in [5, 5.41) is 0. The summed E-state index contributed by atoms with van der Waals surface area (Å²) in [5.41, 5.74) is 8.99. The van der Waals surface area contributed by atoms with Gasteiger partial charge in [0.15, 0.2) is 0 Å². The van der Waals surface area contributed by atoms with Gasteiger partial charge in [0.05, 0.1) is 5.56 Å². The molecule has 2 rings (SSSR count). The van der Waals surface area contributed by atoms with Crippen LogP contribution in [0.1, 0.15) is 35.0 Å². The van der Waals surface area contributed by atoms with Gasteiger partial charge in [0.25, 0.3) is 5.91 Å². The maximum Gasteiger partial charge on any atom is 0.255 e. The van der Waals surface area contributed by atoms with E-state index in [1.165, 1.54) is 0 Å². The number of aryl methyl sites for hydroxylation is 1. The van der Waals surface area contributed by atoms with Crippen molar-refractivity contribution in [3.8, 4) is 0 Å². The van der Waals surface area contributed by atoms with Gasteiger partial charge in [0, 0.05) is 30.7 Å². The highest BCUT2D eigenvalue weighted by molar-refractivity contribution is 5.95. The molecular formula is C17H21N3O. The molecule has 0 aliphatic rings. The van der Waals surface area contributed by atoms with E-state index in [2.05, 4.69) is 11.9 Å². The van der Waals surface area contributed by atoms with E-state index in [1.54, 1.807) is 12.3 Å². The number of benzene rings is 1. The predicted octanol–water partition coefficient (Wildman–Crippen LogP) is 3.02. The Balaban J connectivity index is 2.22. The SMILES string of the molecule is CCCN(Cc1cccc(N)c1)C(=O)c1cccnc1C. The fraction of sp³-hybridized carbons (Fsp3) is 0.294. The van der Waals surface area contributed by atoms with Gasteiger partial charge < -0.3 is 10.6 Å². The molecule has 21 heavy (non-hydrogen) atoms. The van der Waals surface area contributed by atoms with Gasteiger partial charge in [-0.15, -0.1) is 0 Å². The Labute approximate surface area is 125 Å². The summed E-state index contributed by atoms with van der Waals surface area (Å²) < 4.78 is 0. The van der Waals surface area contributed by atoms with Crippen LogP contribution in [0.5, 0.6) is 0 Å². The Hall–Kier alpha value is -2.36. The van der Waals surface area contributed by atoms with E-state index in [1.807, 2.05) is 42.2 Å². The van der Waals surface area contributed by atoms with Gasteiger partial charge in [-0.05, 0) is 43.2 Å². The number of hydrogen-bond donors (Lipinski definition) is 1. The molecule has 0 spiro atoms. The lowest BCUT2D eigenvalue weighted by Gasteiger charge is -2.23. The summed E-state index contributed by atoms with van der Waals surface area (Å²) in [7, 11) is 0. The number of carbonyl (C=O) groups is 1. The number of amides is 1. The van der Waals surface area contributed by atoms with Crippen LogP contribution in [0.25, 0.3) is 0 Å². The molecule has 1 heterocycles. The van der Waals surface area contributed by atoms with Crippen molar-refractivity contribution < 1.29 is 4.79 Å². The molecule has 0 radical (unpaired) electrons. The largest absolute Gasteiger partial charge is 0.399 e. The van der Waals surface area contributed by atoms with Crippen molar-refractivity contribution in [2.24, 2.45) is 0 Å². The second-order valence-corrected chi connectivity index (χ2v) is 5.11. The maximum absolute atomic E-state index is 12.7. The number of nitrogen functional groups attached to an aromatic ring is 1. The molecule has 0 saturated heterocycles. The van der Waals surface area contributed by atoms with Crippen LogP contribution in [0.3, 0.4) is 0 Å². The van der Waals surface area contributed by atoms with Crippen molar-refractivity contribution in [3.05, 3.63) is 59.4 Å². The predicted molar refractivity (Wildman–Crippen MR) is 84.9 cm³/mol. The Morgan fingerprint density at radius 1 is 1.29 bits per heavy atom. The van der Waals surface area contributed by atoms with Crippen molar-refractivity contribution in [2.45, 2.75) is 26.8 Å². The van der Waals surface area contributed by atoms with Crippen LogP contribution in [-0.2, 0) is 6.54 Å². The van der Waals surface area contributed by atoms with E-state index < -0.39 is 0 Å². The molecule has 0 fully saturated rings. The smallest absolute Gasteiger partial charge is 0.255 e. The summed E-state index contributed by atoms with van der Waals surface area (Å²) in [5.74, 6) is 0.0184. The Bertz CT molecular complexity index is 625. The Morgan fingerprint density at radius 2 is 2.10 bits per heavy atom. The highest BCUT2D eigenvalue weighted by Crippen LogP contribution is 2.14. The fourth-order valence-corrected chi connectivity index (χ4v) is 2.31. The van der Waals surface area contributed by atoms with Crippen molar-refractivity contribution >= 4 is 11.6 Å². The first kappa shape index (κ1) is 15.0. The molecule has 0 unspecified atom stereocenters. The van der Waals surface area contributed by atoms with E-state index in [9.17, 15) is 4.79 Å². The average Bonchev–Trinajstić information content (AvgIpc) is 2.47. The van der Waals surface area contributed by atoms with Gasteiger partial charge in [-0.3, -0.25) is 9.78 Å². The molecule has 4 nitrogen and oxygen atoms in total. The monoisotopic (exact) mass is 283 g/mol. The molecule has 0 atom stereocenters. The second kappa shape index (κ2) is 6.88. The molecule has 0 saturated carbocycles. The zero-order chi connectivity index (χ0) is 15.2. The van der Waals surface area contributed by atoms with Gasteiger partial charge in [-0.25, -0.2) is 0 Å². The second-order valence-electron chi connectivity index (χ2n) is 5.11. The third-order valence-electron chi connectivity index (χ3n) is 3.34. The molecule has 1 aromatic heterocycles. The first-order chi connectivity index (χ1) is 10.1. The summed E-state index contributed by atoms with van der Waals surface area (Å²) in [4.78, 5) is 18.7. The molecular weight excluding hydrogens is 262 g/mol. The third kappa shape index (κ3) is 3.81. The van der Waals surface area contributed by atoms with E-state index in [0.29, 0.717) is 24.3 Å². The van der Waals surface area contributed by atoms with Crippen LogP contribution < -0.4 is 5.73 Å². The third-order valence-corrected chi connectivity index (χ3v) is 3.34. The van der Waals surface area contributed by atoms with Gasteiger partial charge in [0.1, 0.15) is 0 Å². The minimum Gasteiger partial charge on any atom is -0.399 e. The van der Waals surface area contributed by atoms with Crippen molar-refractivity contribution in [1.82, 2.24) is 9.88 Å². The van der Waals surface area contributed by atoms with Crippen LogP contribution in [0.15, 0.2) is 42.6 Å². The lowest BCUT2D eigenvalue weighted by molar-refractivity contribution is 0.0742. The van der Waals surface area contributed by atoms with Gasteiger partial charge in [-0.1, -0.05) is 19.1 Å². The van der Waals surface area contributed by atoms with Crippen LogP contribution in [-0.4, -0.2) is 22.3 Å². The van der Waals surface area contributed by atoms with Crippen molar-refractivity contribution in [2.75, 3.05) is 12.3 Å². The molecule has 1 aromatic carbocycles. The van der Waals surface area contributed by atoms with E-state index in [0.717, 1.165) is 17.7 Å². The first-order valence-corrected chi connectivity index (χ1v) is 7.17. The van der Waals surface area contributed by atoms with Crippen LogP contribution in [0.4, 0.5) is 5.69 Å². The number of carbonyl (C=O) groups excluding carboxylic acids is 1. The van der Waals surface area contributed by atoms with Crippen LogP contribution in [0.2, 0.25) is 0 Å². The topological polar surface area (TPSA) is 59.2 Å². The summed E-state index contributed by atoms with van der Waals surface area (Å²) in [6.45, 7) is 5.20. The molecule has 110 valence electrons. The molecule has 4 heteroatoms. The Kier molecular flexibility index (Phi) is 4.93. The van der Waals surface area contributed by atoms with E-state index in [-0.39, 0.29) is 5.91 Å². The quantitative estimate of drug-likeness (QED) is 0.858. The number of anilines is 1. The fourth-order valence-electron chi connectivity index (χ4n) is 2.31. The molecule has 0 aliphatic carbocycles. The van der Waals surface area contributed by atoms with E-state index in [4.69, 9.17) is 5.73 Å². The highest BCUT2D eigenvalue weighted by atomic mass is 16.2. The zero-order valence-electron chi connectivity index (χ0n) is 12.5. The maximum atomic E-state index is 12.7. The summed E-state index contributed by atoms with van der Waals surface area (Å²) in [6, 6.07) is 11.3. The average molecular weight is 283 g/mol. The van der Waals surface area contributed by atoms with E-state index >= 15 is 0 Å². The molecule has 1 amide bonds. The summed E-state index contributed by atoms with van der Waals surface area (Å²) in [6.07, 6.45) is 2.61. The lowest BCUT2D eigenvalue weighted by atomic mass is 10.1. The van der Waals surface area contributed by atoms with Gasteiger partial charge in [0.2, 0.25) is 0 Å². The van der Waals surface area contributed by atoms with Crippen LogP contribution in [0, 0.1) is 6.92 Å². The zero-order valence-corrected chi connectivity index (χ0v) is 12.5. The number of hydrogen-bond acceptors (Lipinski definition) is 3. The molecule has 2 aromatic rings. The molecule has 0 aliphatic heterocycles. The lowest BCUT2D eigenvalue weighted by Crippen LogP contribution is -2.32. The number of pyridine rings is 1. The van der Waals surface area contributed by atoms with Crippen LogP contribution >= 0.6 is 0 Å². The van der Waals surface area contributed by atoms with Crippen molar-refractivity contribution in [1.29, 1.82) is 0 Å². The highest BCUT2D eigenvalue weighted by Gasteiger charge is 2.17. The number of nitrogens with two attached hydrogens (primary N) is 1. The number of rotatable bonds is 5. The van der Waals surface area contributed by atoms with Crippen molar-refractivity contribution in [3.63, 3.8) is 0 Å². The standard InChI is InChI=1S/C17H21N3O/c1-3-10-20(12-14-6-4-7-15(18)11-14)17(21)16-8-5-9-19-13(16)2/h4-9,11H,3,10,12,18H2,1-2H3. The normalized spacial score (nSPS) is 10.4. The minimum atomic E-state index is 0.0184. The number of aromatic nitrogens is 1. The van der Waals surface area contributed by atoms with Gasteiger partial charge in [-0.2, -0.15) is 0 Å². The number of nitrogens with zero attached hydrogens (tertiary/aromatic N) is 2. The molecule has 0 bridgehead atoms. The molecule has 2 N–H and O–H groups in total. The van der Waals surface area contributed by atoms with Gasteiger partial charge >= 0.3 is 0 Å². The summed E-state index contributed by atoms with van der Waals surface area (Å²) >= 11 is 0. The Morgan fingerprint density at radius 3 is 2.76 bits per heavy atom.